The van der Waals surface area contributed by atoms with Crippen molar-refractivity contribution in [3.05, 3.63) is 58.3 Å². The quantitative estimate of drug-likeness (QED) is 0.0890. The Morgan fingerprint density at radius 2 is 1.38 bits per heavy atom. The fourth-order valence-corrected chi connectivity index (χ4v) is 5.32. The number of ether oxygens (including phenoxy) is 9. The van der Waals surface area contributed by atoms with E-state index in [4.69, 9.17) is 51.2 Å². The fourth-order valence-electron chi connectivity index (χ4n) is 4.38. The summed E-state index contributed by atoms with van der Waals surface area (Å²) in [6.45, 7) is 1.35. The highest BCUT2D eigenvalue weighted by atomic mass is 32.2. The zero-order valence-corrected chi connectivity index (χ0v) is 28.0. The molecule has 0 unspecified atom stereocenters. The third-order valence-corrected chi connectivity index (χ3v) is 7.89. The molecule has 1 N–H and O–H groups in total. The first-order valence-electron chi connectivity index (χ1n) is 14.2. The minimum Gasteiger partial charge on any atom is -0.502 e. The van der Waals surface area contributed by atoms with E-state index in [0.717, 1.165) is 5.56 Å². The lowest BCUT2D eigenvalue weighted by molar-refractivity contribution is -0.0126. The Balaban J connectivity index is 1.89. The molecule has 0 radical (unpaired) electrons. The molecule has 3 aromatic carbocycles. The van der Waals surface area contributed by atoms with E-state index < -0.39 is 21.3 Å². The average molecular weight is 693 g/mol. The Morgan fingerprint density at radius 3 is 1.98 bits per heavy atom. The van der Waals surface area contributed by atoms with Gasteiger partial charge >= 0.3 is 10.1 Å². The number of aryl methyl sites for hydroxylation is 1. The van der Waals surface area contributed by atoms with Gasteiger partial charge in [-0.15, -0.1) is 0 Å². The van der Waals surface area contributed by atoms with Gasteiger partial charge in [0.05, 0.1) is 27.4 Å². The molecular formula is C32H36O15S. The molecule has 4 rings (SSSR count). The topological polar surface area (TPSA) is 177 Å². The summed E-state index contributed by atoms with van der Waals surface area (Å²) in [5, 5.41) is 10.9. The van der Waals surface area contributed by atoms with E-state index in [9.17, 15) is 18.3 Å². The van der Waals surface area contributed by atoms with E-state index >= 15 is 0 Å². The first-order valence-corrected chi connectivity index (χ1v) is 15.6. The molecule has 0 aliphatic rings. The van der Waals surface area contributed by atoms with Crippen LogP contribution < -0.4 is 33.3 Å². The highest BCUT2D eigenvalue weighted by Gasteiger charge is 2.31. The van der Waals surface area contributed by atoms with Gasteiger partial charge in [-0.05, 0) is 37.3 Å². The first-order chi connectivity index (χ1) is 23.1. The lowest BCUT2D eigenvalue weighted by atomic mass is 10.1. The largest absolute Gasteiger partial charge is 0.502 e. The summed E-state index contributed by atoms with van der Waals surface area (Å²) < 4.78 is 86.3. The number of rotatable bonds is 18. The van der Waals surface area contributed by atoms with Crippen molar-refractivity contribution in [1.29, 1.82) is 0 Å². The van der Waals surface area contributed by atoms with Gasteiger partial charge in [-0.2, -0.15) is 8.42 Å². The van der Waals surface area contributed by atoms with Crippen molar-refractivity contribution >= 4 is 21.1 Å². The van der Waals surface area contributed by atoms with Crippen LogP contribution in [0.15, 0.2) is 56.6 Å². The van der Waals surface area contributed by atoms with Crippen molar-refractivity contribution in [1.82, 2.24) is 0 Å². The Morgan fingerprint density at radius 1 is 0.729 bits per heavy atom. The van der Waals surface area contributed by atoms with Crippen molar-refractivity contribution in [2.45, 2.75) is 11.8 Å². The van der Waals surface area contributed by atoms with Crippen molar-refractivity contribution in [2.75, 3.05) is 69.1 Å². The molecule has 1 heterocycles. The van der Waals surface area contributed by atoms with Gasteiger partial charge in [0.25, 0.3) is 0 Å². The van der Waals surface area contributed by atoms with Crippen LogP contribution in [0.5, 0.6) is 40.2 Å². The van der Waals surface area contributed by atoms with Gasteiger partial charge in [-0.3, -0.25) is 4.79 Å². The number of hydrogen-bond donors (Lipinski definition) is 1. The molecule has 0 spiro atoms. The normalized spacial score (nSPS) is 11.4. The molecule has 4 aromatic rings. The first kappa shape index (κ1) is 36.1. The van der Waals surface area contributed by atoms with E-state index in [1.165, 1.54) is 65.9 Å². The summed E-state index contributed by atoms with van der Waals surface area (Å²) >= 11 is 0. The lowest BCUT2D eigenvalue weighted by Crippen LogP contribution is -2.14. The fraction of sp³-hybridized carbons (Fsp3) is 0.344. The number of aromatic hydroxyl groups is 1. The maximum absolute atomic E-state index is 13.9. The summed E-state index contributed by atoms with van der Waals surface area (Å²) in [7, 11) is 2.66. The van der Waals surface area contributed by atoms with Crippen molar-refractivity contribution in [3.63, 3.8) is 0 Å². The second kappa shape index (κ2) is 16.4. The second-order valence-electron chi connectivity index (χ2n) is 9.81. The summed E-state index contributed by atoms with van der Waals surface area (Å²) in [5.74, 6) is -1.82. The van der Waals surface area contributed by atoms with Crippen LogP contribution in [0.2, 0.25) is 0 Å². The lowest BCUT2D eigenvalue weighted by Gasteiger charge is -2.21. The third kappa shape index (κ3) is 7.86. The smallest absolute Gasteiger partial charge is 0.339 e. The molecule has 0 aliphatic carbocycles. The molecule has 0 fully saturated rings. The molecule has 15 nitrogen and oxygen atoms in total. The Kier molecular flexibility index (Phi) is 12.3. The number of benzene rings is 3. The molecule has 48 heavy (non-hydrogen) atoms. The predicted molar refractivity (Wildman–Crippen MR) is 170 cm³/mol. The van der Waals surface area contributed by atoms with Crippen LogP contribution in [-0.4, -0.2) is 82.7 Å². The van der Waals surface area contributed by atoms with E-state index in [1.54, 1.807) is 12.1 Å². The maximum atomic E-state index is 13.9. The standard InChI is InChI=1S/C32H36O15S/c1-19-7-10-21(11-8-19)48(35,36)47-22-12-9-20(15-23(22)40-5)27-26(34)25(33)24-28(45-18-42-14-13-37-2)31(43-16-38-3)32(44-17-39-4)30(41-6)29(24)46-27/h7-12,15,34H,13-14,16-18H2,1-6H3. The van der Waals surface area contributed by atoms with Gasteiger partial charge in [0.15, 0.2) is 49.0 Å². The van der Waals surface area contributed by atoms with Gasteiger partial charge in [0.1, 0.15) is 10.3 Å². The SMILES string of the molecule is COCCOCOc1c(OCOC)c(OCOC)c(OC)c2oc(-c3ccc(OS(=O)(=O)c4ccc(C)cc4)c(OC)c3)c(O)c(=O)c12. The summed E-state index contributed by atoms with van der Waals surface area (Å²) in [6.07, 6.45) is 0. The minimum absolute atomic E-state index is 0.0399. The summed E-state index contributed by atoms with van der Waals surface area (Å²) in [6, 6.07) is 10.1. The molecule has 0 amide bonds. The molecule has 260 valence electrons. The van der Waals surface area contributed by atoms with Gasteiger partial charge in [-0.25, -0.2) is 0 Å². The number of methoxy groups -OCH3 is 5. The van der Waals surface area contributed by atoms with Crippen molar-refractivity contribution in [3.8, 4) is 51.6 Å². The van der Waals surface area contributed by atoms with Crippen LogP contribution in [-0.2, 0) is 29.1 Å². The predicted octanol–water partition coefficient (Wildman–Crippen LogP) is 4.22. The third-order valence-electron chi connectivity index (χ3n) is 6.64. The van der Waals surface area contributed by atoms with Crippen LogP contribution >= 0.6 is 0 Å². The van der Waals surface area contributed by atoms with Crippen LogP contribution in [0, 0.1) is 6.92 Å². The minimum atomic E-state index is -4.23. The van der Waals surface area contributed by atoms with Crippen molar-refractivity contribution in [2.24, 2.45) is 0 Å². The highest BCUT2D eigenvalue weighted by molar-refractivity contribution is 7.87. The van der Waals surface area contributed by atoms with Gasteiger partial charge in [-0.1, -0.05) is 17.7 Å². The Labute approximate surface area is 276 Å². The monoisotopic (exact) mass is 692 g/mol. The van der Waals surface area contributed by atoms with Gasteiger partial charge < -0.3 is 56.3 Å². The molecular weight excluding hydrogens is 656 g/mol. The van der Waals surface area contributed by atoms with Crippen LogP contribution in [0.25, 0.3) is 22.3 Å². The van der Waals surface area contributed by atoms with Crippen LogP contribution in [0.4, 0.5) is 0 Å². The molecule has 0 aliphatic heterocycles. The van der Waals surface area contributed by atoms with Crippen LogP contribution in [0.1, 0.15) is 5.56 Å². The number of hydrogen-bond acceptors (Lipinski definition) is 15. The molecule has 0 saturated carbocycles. The van der Waals surface area contributed by atoms with E-state index in [0.29, 0.717) is 0 Å². The molecule has 0 atom stereocenters. The summed E-state index contributed by atoms with van der Waals surface area (Å²) in [4.78, 5) is 13.8. The summed E-state index contributed by atoms with van der Waals surface area (Å²) in [5.41, 5.74) is -0.137. The highest BCUT2D eigenvalue weighted by Crippen LogP contribution is 2.52. The molecule has 1 aromatic heterocycles. The van der Waals surface area contributed by atoms with Gasteiger partial charge in [0, 0.05) is 26.9 Å². The molecule has 0 bridgehead atoms. The maximum Gasteiger partial charge on any atom is 0.339 e. The van der Waals surface area contributed by atoms with Gasteiger partial charge in [0.2, 0.25) is 28.4 Å². The average Bonchev–Trinajstić information content (AvgIpc) is 3.08. The molecule has 16 heteroatoms. The Hall–Kier alpha value is -4.74. The Bertz CT molecular complexity index is 1870. The number of fused-ring (bicyclic) bond motifs is 1. The zero-order chi connectivity index (χ0) is 34.8. The van der Waals surface area contributed by atoms with E-state index in [2.05, 4.69) is 0 Å². The zero-order valence-electron chi connectivity index (χ0n) is 27.1. The van der Waals surface area contributed by atoms with E-state index in [-0.39, 0.29) is 95.3 Å². The van der Waals surface area contributed by atoms with E-state index in [1.807, 2.05) is 6.92 Å². The second-order valence-corrected chi connectivity index (χ2v) is 11.4. The molecule has 0 saturated heterocycles. The van der Waals surface area contributed by atoms with Crippen LogP contribution in [0.3, 0.4) is 0 Å². The van der Waals surface area contributed by atoms with Crippen molar-refractivity contribution < 1.29 is 64.8 Å².